The van der Waals surface area contributed by atoms with E-state index >= 15 is 0 Å². The average Bonchev–Trinajstić information content (AvgIpc) is 2.84. The number of rotatable bonds is 5. The van der Waals surface area contributed by atoms with E-state index in [0.717, 1.165) is 5.69 Å². The number of nitrogen functional groups attached to an aromatic ring is 1. The zero-order valence-electron chi connectivity index (χ0n) is 9.74. The van der Waals surface area contributed by atoms with E-state index in [1.165, 1.54) is 48.9 Å². The highest BCUT2D eigenvalue weighted by atomic mass is 32.2. The molecule has 0 unspecified atom stereocenters. The third kappa shape index (κ3) is 3.37. The van der Waals surface area contributed by atoms with Crippen LogP contribution in [0.15, 0.2) is 4.21 Å². The predicted molar refractivity (Wildman–Crippen MR) is 72.3 cm³/mol. The van der Waals surface area contributed by atoms with Crippen LogP contribution in [-0.4, -0.2) is 35.3 Å². The molecule has 0 spiro atoms. The standard InChI is InChI=1S/C11H19N3S2/c1-9-10(16-11(12)13-9)15-8-4-7-14-5-2-3-6-14/h2-8H2,1H3,(H2,12,13). The first kappa shape index (κ1) is 12.2. The van der Waals surface area contributed by atoms with Gasteiger partial charge in [0.05, 0.1) is 9.90 Å². The van der Waals surface area contributed by atoms with Gasteiger partial charge >= 0.3 is 0 Å². The van der Waals surface area contributed by atoms with Crippen LogP contribution < -0.4 is 5.73 Å². The Hall–Kier alpha value is -0.260. The van der Waals surface area contributed by atoms with Crippen LogP contribution in [0.2, 0.25) is 0 Å². The van der Waals surface area contributed by atoms with Crippen molar-refractivity contribution < 1.29 is 0 Å². The SMILES string of the molecule is Cc1nc(N)sc1SCCCN1CCCC1. The lowest BCUT2D eigenvalue weighted by molar-refractivity contribution is 0.341. The lowest BCUT2D eigenvalue weighted by Crippen LogP contribution is -2.20. The molecule has 0 bridgehead atoms. The molecule has 1 saturated heterocycles. The summed E-state index contributed by atoms with van der Waals surface area (Å²) in [5, 5.41) is 0.694. The van der Waals surface area contributed by atoms with E-state index in [1.807, 2.05) is 18.7 Å². The zero-order valence-corrected chi connectivity index (χ0v) is 11.4. The van der Waals surface area contributed by atoms with Crippen LogP contribution in [0, 0.1) is 6.92 Å². The number of anilines is 1. The number of thioether (sulfide) groups is 1. The van der Waals surface area contributed by atoms with Crippen molar-refractivity contribution in [2.75, 3.05) is 31.1 Å². The van der Waals surface area contributed by atoms with Crippen molar-refractivity contribution in [1.82, 2.24) is 9.88 Å². The quantitative estimate of drug-likeness (QED) is 0.650. The Morgan fingerprint density at radius 2 is 2.19 bits per heavy atom. The third-order valence-electron chi connectivity index (χ3n) is 2.82. The average molecular weight is 257 g/mol. The molecule has 1 aromatic heterocycles. The summed E-state index contributed by atoms with van der Waals surface area (Å²) in [6.07, 6.45) is 4.04. The summed E-state index contributed by atoms with van der Waals surface area (Å²) in [6.45, 7) is 5.89. The number of hydrogen-bond acceptors (Lipinski definition) is 5. The second kappa shape index (κ2) is 5.89. The molecule has 3 nitrogen and oxygen atoms in total. The van der Waals surface area contributed by atoms with Gasteiger partial charge in [0.25, 0.3) is 0 Å². The maximum atomic E-state index is 5.67. The molecule has 1 fully saturated rings. The van der Waals surface area contributed by atoms with Gasteiger partial charge in [-0.1, -0.05) is 11.3 Å². The van der Waals surface area contributed by atoms with Crippen molar-refractivity contribution in [2.24, 2.45) is 0 Å². The van der Waals surface area contributed by atoms with Crippen molar-refractivity contribution in [3.63, 3.8) is 0 Å². The molecule has 90 valence electrons. The highest BCUT2D eigenvalue weighted by Gasteiger charge is 2.11. The minimum absolute atomic E-state index is 0.694. The topological polar surface area (TPSA) is 42.1 Å². The van der Waals surface area contributed by atoms with E-state index < -0.39 is 0 Å². The van der Waals surface area contributed by atoms with Crippen molar-refractivity contribution in [3.8, 4) is 0 Å². The number of thiazole rings is 1. The number of hydrogen-bond donors (Lipinski definition) is 1. The van der Waals surface area contributed by atoms with Gasteiger partial charge in [-0.15, -0.1) is 11.8 Å². The minimum Gasteiger partial charge on any atom is -0.375 e. The molecule has 1 aliphatic rings. The Morgan fingerprint density at radius 3 is 2.81 bits per heavy atom. The molecule has 0 atom stereocenters. The summed E-state index contributed by atoms with van der Waals surface area (Å²) in [4.78, 5) is 6.80. The molecular weight excluding hydrogens is 238 g/mol. The van der Waals surface area contributed by atoms with E-state index in [2.05, 4.69) is 9.88 Å². The molecule has 0 aromatic carbocycles. The van der Waals surface area contributed by atoms with Crippen molar-refractivity contribution in [2.45, 2.75) is 30.4 Å². The van der Waals surface area contributed by atoms with Crippen LogP contribution in [0.4, 0.5) is 5.13 Å². The Balaban J connectivity index is 1.65. The summed E-state index contributed by atoms with van der Waals surface area (Å²) >= 11 is 3.51. The number of aromatic nitrogens is 1. The molecule has 0 radical (unpaired) electrons. The van der Waals surface area contributed by atoms with Gasteiger partial charge in [-0.3, -0.25) is 0 Å². The Labute approximate surface area is 105 Å². The zero-order chi connectivity index (χ0) is 11.4. The first-order chi connectivity index (χ1) is 7.75. The maximum absolute atomic E-state index is 5.67. The van der Waals surface area contributed by atoms with E-state index in [-0.39, 0.29) is 0 Å². The van der Waals surface area contributed by atoms with Crippen LogP contribution in [0.3, 0.4) is 0 Å². The first-order valence-electron chi connectivity index (χ1n) is 5.84. The van der Waals surface area contributed by atoms with Crippen molar-refractivity contribution >= 4 is 28.2 Å². The third-order valence-corrected chi connectivity index (χ3v) is 5.26. The largest absolute Gasteiger partial charge is 0.375 e. The Morgan fingerprint density at radius 1 is 1.44 bits per heavy atom. The lowest BCUT2D eigenvalue weighted by atomic mass is 10.4. The van der Waals surface area contributed by atoms with E-state index in [9.17, 15) is 0 Å². The van der Waals surface area contributed by atoms with E-state index in [1.54, 1.807) is 11.3 Å². The molecule has 2 heterocycles. The minimum atomic E-state index is 0.694. The van der Waals surface area contributed by atoms with Crippen LogP contribution in [0.5, 0.6) is 0 Å². The van der Waals surface area contributed by atoms with Gasteiger partial charge in [-0.2, -0.15) is 0 Å². The molecule has 5 heteroatoms. The Kier molecular flexibility index (Phi) is 4.49. The van der Waals surface area contributed by atoms with Crippen molar-refractivity contribution in [1.29, 1.82) is 0 Å². The highest BCUT2D eigenvalue weighted by molar-refractivity contribution is 8.01. The fourth-order valence-electron chi connectivity index (χ4n) is 2.00. The monoisotopic (exact) mass is 257 g/mol. The van der Waals surface area contributed by atoms with Gasteiger partial charge in [0.15, 0.2) is 5.13 Å². The second-order valence-electron chi connectivity index (χ2n) is 4.18. The fraction of sp³-hybridized carbons (Fsp3) is 0.727. The predicted octanol–water partition coefficient (Wildman–Crippen LogP) is 2.61. The van der Waals surface area contributed by atoms with Gasteiger partial charge in [-0.25, -0.2) is 4.98 Å². The smallest absolute Gasteiger partial charge is 0.181 e. The van der Waals surface area contributed by atoms with Gasteiger partial charge < -0.3 is 10.6 Å². The van der Waals surface area contributed by atoms with Gasteiger partial charge in [0, 0.05) is 5.75 Å². The number of nitrogens with zero attached hydrogens (tertiary/aromatic N) is 2. The van der Waals surface area contributed by atoms with Crippen LogP contribution in [0.1, 0.15) is 25.0 Å². The maximum Gasteiger partial charge on any atom is 0.181 e. The summed E-state index contributed by atoms with van der Waals surface area (Å²) < 4.78 is 1.29. The van der Waals surface area contributed by atoms with Gasteiger partial charge in [0.2, 0.25) is 0 Å². The summed E-state index contributed by atoms with van der Waals surface area (Å²) in [5.74, 6) is 1.18. The molecule has 1 aliphatic heterocycles. The van der Waals surface area contributed by atoms with Gasteiger partial charge in [-0.05, 0) is 45.8 Å². The molecule has 0 aliphatic carbocycles. The molecule has 0 saturated carbocycles. The van der Waals surface area contributed by atoms with E-state index in [4.69, 9.17) is 5.73 Å². The summed E-state index contributed by atoms with van der Waals surface area (Å²) in [5.41, 5.74) is 6.76. The molecule has 16 heavy (non-hydrogen) atoms. The first-order valence-corrected chi connectivity index (χ1v) is 7.64. The molecule has 0 amide bonds. The second-order valence-corrected chi connectivity index (χ2v) is 6.57. The van der Waals surface area contributed by atoms with Gasteiger partial charge in [0.1, 0.15) is 0 Å². The number of aryl methyl sites for hydroxylation is 1. The molecule has 1 aromatic rings. The molecule has 2 N–H and O–H groups in total. The number of nitrogens with two attached hydrogens (primary N) is 1. The Bertz CT molecular complexity index is 332. The van der Waals surface area contributed by atoms with Crippen molar-refractivity contribution in [3.05, 3.63) is 5.69 Å². The fourth-order valence-corrected chi connectivity index (χ4v) is 4.02. The van der Waals surface area contributed by atoms with Crippen LogP contribution in [0.25, 0.3) is 0 Å². The normalized spacial score (nSPS) is 17.1. The summed E-state index contributed by atoms with van der Waals surface area (Å²) in [7, 11) is 0. The van der Waals surface area contributed by atoms with Crippen LogP contribution in [-0.2, 0) is 0 Å². The number of likely N-dealkylation sites (tertiary alicyclic amines) is 1. The highest BCUT2D eigenvalue weighted by Crippen LogP contribution is 2.30. The lowest BCUT2D eigenvalue weighted by Gasteiger charge is -2.13. The summed E-state index contributed by atoms with van der Waals surface area (Å²) in [6, 6.07) is 0. The molecular formula is C11H19N3S2. The van der Waals surface area contributed by atoms with Crippen LogP contribution >= 0.6 is 23.1 Å². The van der Waals surface area contributed by atoms with E-state index in [0.29, 0.717) is 5.13 Å². The molecule has 2 rings (SSSR count).